The number of nitrogens with one attached hydrogen (secondary N) is 2. The summed E-state index contributed by atoms with van der Waals surface area (Å²) in [6, 6.07) is 6.77. The maximum absolute atomic E-state index is 11.4. The Kier molecular flexibility index (Phi) is 6.43. The van der Waals surface area contributed by atoms with E-state index in [1.165, 1.54) is 0 Å². The zero-order chi connectivity index (χ0) is 12.5. The lowest BCUT2D eigenvalue weighted by atomic mass is 10.3. The van der Waals surface area contributed by atoms with Crippen LogP contribution in [0.3, 0.4) is 0 Å². The number of amides is 2. The van der Waals surface area contributed by atoms with Crippen molar-refractivity contribution in [1.29, 1.82) is 0 Å². The Labute approximate surface area is 106 Å². The first-order valence-electron chi connectivity index (χ1n) is 5.51. The van der Waals surface area contributed by atoms with Gasteiger partial charge in [0.05, 0.1) is 0 Å². The maximum Gasteiger partial charge on any atom is 0.319 e. The van der Waals surface area contributed by atoms with E-state index in [1.54, 1.807) is 31.4 Å². The van der Waals surface area contributed by atoms with Crippen molar-refractivity contribution < 1.29 is 9.53 Å². The molecule has 1 aromatic rings. The minimum absolute atomic E-state index is 0.204. The Bertz CT molecular complexity index is 341. The van der Waals surface area contributed by atoms with Crippen LogP contribution in [0, 0.1) is 0 Å². The molecule has 0 fully saturated rings. The second-order valence-corrected chi connectivity index (χ2v) is 4.02. The van der Waals surface area contributed by atoms with E-state index >= 15 is 0 Å². The lowest BCUT2D eigenvalue weighted by Crippen LogP contribution is -2.29. The van der Waals surface area contributed by atoms with Crippen molar-refractivity contribution in [2.45, 2.75) is 12.8 Å². The summed E-state index contributed by atoms with van der Waals surface area (Å²) >= 11 is 5.74. The fourth-order valence-electron chi connectivity index (χ4n) is 1.28. The van der Waals surface area contributed by atoms with Crippen LogP contribution in [0.2, 0.25) is 5.02 Å². The van der Waals surface area contributed by atoms with Gasteiger partial charge in [-0.05, 0) is 37.1 Å². The van der Waals surface area contributed by atoms with Crippen molar-refractivity contribution in [2.24, 2.45) is 0 Å². The topological polar surface area (TPSA) is 50.4 Å². The molecule has 1 aromatic carbocycles. The van der Waals surface area contributed by atoms with Crippen molar-refractivity contribution in [3.8, 4) is 0 Å². The lowest BCUT2D eigenvalue weighted by molar-refractivity contribution is 0.192. The van der Waals surface area contributed by atoms with E-state index < -0.39 is 0 Å². The van der Waals surface area contributed by atoms with E-state index in [9.17, 15) is 4.79 Å². The lowest BCUT2D eigenvalue weighted by Gasteiger charge is -2.07. The van der Waals surface area contributed by atoms with Gasteiger partial charge in [-0.25, -0.2) is 4.79 Å². The summed E-state index contributed by atoms with van der Waals surface area (Å²) in [5.41, 5.74) is 0.726. The van der Waals surface area contributed by atoms with Gasteiger partial charge in [-0.2, -0.15) is 0 Å². The average molecular weight is 257 g/mol. The van der Waals surface area contributed by atoms with Gasteiger partial charge in [-0.1, -0.05) is 11.6 Å². The molecule has 0 atom stereocenters. The molecule has 2 N–H and O–H groups in total. The zero-order valence-corrected chi connectivity index (χ0v) is 10.6. The number of ether oxygens (including phenoxy) is 1. The first-order valence-corrected chi connectivity index (χ1v) is 5.89. The highest BCUT2D eigenvalue weighted by molar-refractivity contribution is 6.30. The highest BCUT2D eigenvalue weighted by Crippen LogP contribution is 2.12. The number of carbonyl (C=O) groups is 1. The van der Waals surface area contributed by atoms with E-state index in [-0.39, 0.29) is 6.03 Å². The molecule has 1 rings (SSSR count). The molecule has 0 unspecified atom stereocenters. The predicted octanol–water partition coefficient (Wildman–Crippen LogP) is 2.89. The summed E-state index contributed by atoms with van der Waals surface area (Å²) in [6.45, 7) is 1.36. The molecule has 17 heavy (non-hydrogen) atoms. The zero-order valence-electron chi connectivity index (χ0n) is 9.83. The average Bonchev–Trinajstić information content (AvgIpc) is 2.32. The van der Waals surface area contributed by atoms with Gasteiger partial charge in [0.25, 0.3) is 0 Å². The molecule has 4 nitrogen and oxygen atoms in total. The number of halogens is 1. The number of unbranched alkanes of at least 4 members (excludes halogenated alkanes) is 1. The van der Waals surface area contributed by atoms with Crippen LogP contribution in [0.5, 0.6) is 0 Å². The van der Waals surface area contributed by atoms with Gasteiger partial charge >= 0.3 is 6.03 Å². The van der Waals surface area contributed by atoms with Crippen LogP contribution in [0.4, 0.5) is 10.5 Å². The minimum Gasteiger partial charge on any atom is -0.385 e. The summed E-state index contributed by atoms with van der Waals surface area (Å²) in [7, 11) is 1.67. The van der Waals surface area contributed by atoms with E-state index in [1.807, 2.05) is 0 Å². The summed E-state index contributed by atoms with van der Waals surface area (Å²) in [5.74, 6) is 0. The molecular formula is C12H17ClN2O2. The Balaban J connectivity index is 2.18. The molecule has 0 aliphatic carbocycles. The number of methoxy groups -OCH3 is 1. The molecule has 0 saturated heterocycles. The van der Waals surface area contributed by atoms with Crippen LogP contribution in [-0.2, 0) is 4.74 Å². The van der Waals surface area contributed by atoms with Crippen LogP contribution in [0.15, 0.2) is 24.3 Å². The van der Waals surface area contributed by atoms with Gasteiger partial charge in [0.2, 0.25) is 0 Å². The number of hydrogen-bond donors (Lipinski definition) is 2. The molecular weight excluding hydrogens is 240 g/mol. The van der Waals surface area contributed by atoms with Gasteiger partial charge in [0, 0.05) is 31.0 Å². The predicted molar refractivity (Wildman–Crippen MR) is 69.6 cm³/mol. The van der Waals surface area contributed by atoms with Crippen LogP contribution < -0.4 is 10.6 Å². The van der Waals surface area contributed by atoms with E-state index in [0.717, 1.165) is 25.1 Å². The van der Waals surface area contributed by atoms with E-state index in [2.05, 4.69) is 10.6 Å². The van der Waals surface area contributed by atoms with Crippen LogP contribution in [0.1, 0.15) is 12.8 Å². The van der Waals surface area contributed by atoms with E-state index in [0.29, 0.717) is 11.6 Å². The summed E-state index contributed by atoms with van der Waals surface area (Å²) in [4.78, 5) is 11.4. The van der Waals surface area contributed by atoms with E-state index in [4.69, 9.17) is 16.3 Å². The molecule has 0 spiro atoms. The number of anilines is 1. The number of carbonyl (C=O) groups excluding carboxylic acids is 1. The Morgan fingerprint density at radius 3 is 2.65 bits per heavy atom. The first-order chi connectivity index (χ1) is 8.22. The first kappa shape index (κ1) is 13.8. The highest BCUT2D eigenvalue weighted by atomic mass is 35.5. The second kappa shape index (κ2) is 7.92. The maximum atomic E-state index is 11.4. The summed E-state index contributed by atoms with van der Waals surface area (Å²) in [6.07, 6.45) is 1.85. The molecule has 0 bridgehead atoms. The Hall–Kier alpha value is -1.26. The quantitative estimate of drug-likeness (QED) is 0.769. The molecule has 0 aliphatic heterocycles. The molecule has 2 amide bonds. The SMILES string of the molecule is COCCCCNC(=O)Nc1ccc(Cl)cc1. The van der Waals surface area contributed by atoms with Gasteiger partial charge in [-0.3, -0.25) is 0 Å². The smallest absolute Gasteiger partial charge is 0.319 e. The molecule has 94 valence electrons. The summed E-state index contributed by atoms with van der Waals surface area (Å²) in [5, 5.41) is 6.13. The third kappa shape index (κ3) is 6.14. The van der Waals surface area contributed by atoms with Crippen molar-refractivity contribution in [1.82, 2.24) is 5.32 Å². The molecule has 0 aliphatic rings. The fraction of sp³-hybridized carbons (Fsp3) is 0.417. The molecule has 0 saturated carbocycles. The Morgan fingerprint density at radius 2 is 2.00 bits per heavy atom. The highest BCUT2D eigenvalue weighted by Gasteiger charge is 2.00. The van der Waals surface area contributed by atoms with Crippen LogP contribution >= 0.6 is 11.6 Å². The number of benzene rings is 1. The number of hydrogen-bond acceptors (Lipinski definition) is 2. The fourth-order valence-corrected chi connectivity index (χ4v) is 1.41. The van der Waals surface area contributed by atoms with Crippen molar-refractivity contribution in [3.63, 3.8) is 0 Å². The summed E-state index contributed by atoms with van der Waals surface area (Å²) < 4.78 is 4.91. The van der Waals surface area contributed by atoms with Gasteiger partial charge in [0.15, 0.2) is 0 Å². The number of rotatable bonds is 6. The minimum atomic E-state index is -0.204. The van der Waals surface area contributed by atoms with Crippen molar-refractivity contribution >= 4 is 23.3 Å². The van der Waals surface area contributed by atoms with Gasteiger partial charge in [-0.15, -0.1) is 0 Å². The second-order valence-electron chi connectivity index (χ2n) is 3.59. The van der Waals surface area contributed by atoms with Crippen molar-refractivity contribution in [2.75, 3.05) is 25.6 Å². The van der Waals surface area contributed by atoms with Gasteiger partial charge < -0.3 is 15.4 Å². The molecule has 0 heterocycles. The molecule has 5 heteroatoms. The Morgan fingerprint density at radius 1 is 1.29 bits per heavy atom. The standard InChI is InChI=1S/C12H17ClN2O2/c1-17-9-3-2-8-14-12(16)15-11-6-4-10(13)5-7-11/h4-7H,2-3,8-9H2,1H3,(H2,14,15,16). The molecule has 0 aromatic heterocycles. The monoisotopic (exact) mass is 256 g/mol. The van der Waals surface area contributed by atoms with Crippen molar-refractivity contribution in [3.05, 3.63) is 29.3 Å². The largest absolute Gasteiger partial charge is 0.385 e. The molecule has 0 radical (unpaired) electrons. The third-order valence-corrected chi connectivity index (χ3v) is 2.41. The van der Waals surface area contributed by atoms with Crippen LogP contribution in [-0.4, -0.2) is 26.3 Å². The van der Waals surface area contributed by atoms with Crippen LogP contribution in [0.25, 0.3) is 0 Å². The van der Waals surface area contributed by atoms with Gasteiger partial charge in [0.1, 0.15) is 0 Å². The third-order valence-electron chi connectivity index (χ3n) is 2.16. The normalized spacial score (nSPS) is 10.0. The number of urea groups is 1.